The van der Waals surface area contributed by atoms with Gasteiger partial charge in [-0.05, 0) is 31.4 Å². The van der Waals surface area contributed by atoms with Crippen LogP contribution < -0.4 is 15.2 Å². The zero-order valence-electron chi connectivity index (χ0n) is 12.8. The standard InChI is InChI=1S/C16H26N2O2/c1-12-6-5-9-18(11-12)14(10-17)13-7-4-8-15(19-2)16(13)20-3/h4,7-8,12,14H,5-6,9-11,17H2,1-3H3/t12-,14+/m1/s1. The van der Waals surface area contributed by atoms with Crippen molar-refractivity contribution in [2.75, 3.05) is 33.9 Å². The molecule has 0 radical (unpaired) electrons. The van der Waals surface area contributed by atoms with E-state index < -0.39 is 0 Å². The topological polar surface area (TPSA) is 47.7 Å². The Bertz CT molecular complexity index is 436. The number of likely N-dealkylation sites (tertiary alicyclic amines) is 1. The molecule has 0 unspecified atom stereocenters. The summed E-state index contributed by atoms with van der Waals surface area (Å²) in [6.07, 6.45) is 2.55. The van der Waals surface area contributed by atoms with Crippen molar-refractivity contribution in [3.63, 3.8) is 0 Å². The minimum Gasteiger partial charge on any atom is -0.493 e. The fraction of sp³-hybridized carbons (Fsp3) is 0.625. The molecule has 0 bridgehead atoms. The number of para-hydroxylation sites is 1. The Balaban J connectivity index is 2.31. The maximum Gasteiger partial charge on any atom is 0.165 e. The fourth-order valence-electron chi connectivity index (χ4n) is 3.16. The van der Waals surface area contributed by atoms with Crippen LogP contribution in [-0.2, 0) is 0 Å². The number of nitrogens with two attached hydrogens (primary N) is 1. The first kappa shape index (κ1) is 15.1. The molecule has 1 aliphatic heterocycles. The summed E-state index contributed by atoms with van der Waals surface area (Å²) in [4.78, 5) is 2.48. The van der Waals surface area contributed by atoms with Crippen molar-refractivity contribution in [1.29, 1.82) is 0 Å². The first-order valence-electron chi connectivity index (χ1n) is 7.36. The molecule has 1 aromatic carbocycles. The van der Waals surface area contributed by atoms with Gasteiger partial charge in [0.25, 0.3) is 0 Å². The average Bonchev–Trinajstić information content (AvgIpc) is 2.47. The van der Waals surface area contributed by atoms with Gasteiger partial charge in [0.2, 0.25) is 0 Å². The largest absolute Gasteiger partial charge is 0.493 e. The molecule has 4 nitrogen and oxygen atoms in total. The number of nitrogens with zero attached hydrogens (tertiary/aromatic N) is 1. The smallest absolute Gasteiger partial charge is 0.165 e. The maximum atomic E-state index is 6.06. The molecule has 0 saturated carbocycles. The minimum absolute atomic E-state index is 0.197. The molecule has 0 spiro atoms. The van der Waals surface area contributed by atoms with E-state index in [2.05, 4.69) is 17.9 Å². The molecule has 1 heterocycles. The van der Waals surface area contributed by atoms with E-state index in [0.29, 0.717) is 6.54 Å². The number of hydrogen-bond donors (Lipinski definition) is 1. The molecule has 0 amide bonds. The van der Waals surface area contributed by atoms with Crippen LogP contribution in [0.25, 0.3) is 0 Å². The Morgan fingerprint density at radius 3 is 2.75 bits per heavy atom. The third-order valence-electron chi connectivity index (χ3n) is 4.14. The van der Waals surface area contributed by atoms with Gasteiger partial charge in [-0.3, -0.25) is 4.90 Å². The molecular formula is C16H26N2O2. The van der Waals surface area contributed by atoms with Gasteiger partial charge in [-0.25, -0.2) is 0 Å². The van der Waals surface area contributed by atoms with E-state index in [4.69, 9.17) is 15.2 Å². The van der Waals surface area contributed by atoms with Crippen molar-refractivity contribution >= 4 is 0 Å². The lowest BCUT2D eigenvalue weighted by molar-refractivity contribution is 0.131. The average molecular weight is 278 g/mol. The highest BCUT2D eigenvalue weighted by molar-refractivity contribution is 5.48. The molecule has 2 N–H and O–H groups in total. The van der Waals surface area contributed by atoms with E-state index in [-0.39, 0.29) is 6.04 Å². The lowest BCUT2D eigenvalue weighted by atomic mass is 9.95. The summed E-state index contributed by atoms with van der Waals surface area (Å²) in [5.41, 5.74) is 7.19. The molecule has 20 heavy (non-hydrogen) atoms. The van der Waals surface area contributed by atoms with E-state index in [1.54, 1.807) is 14.2 Å². The number of hydrogen-bond acceptors (Lipinski definition) is 4. The van der Waals surface area contributed by atoms with Gasteiger partial charge in [0, 0.05) is 18.7 Å². The minimum atomic E-state index is 0.197. The SMILES string of the molecule is COc1cccc([C@H](CN)N2CCC[C@@H](C)C2)c1OC. The highest BCUT2D eigenvalue weighted by Crippen LogP contribution is 2.37. The Hall–Kier alpha value is -1.26. The van der Waals surface area contributed by atoms with Gasteiger partial charge < -0.3 is 15.2 Å². The van der Waals surface area contributed by atoms with Crippen molar-refractivity contribution in [2.24, 2.45) is 11.7 Å². The number of piperidine rings is 1. The van der Waals surface area contributed by atoms with Gasteiger partial charge in [-0.1, -0.05) is 19.1 Å². The Labute approximate surface area is 121 Å². The van der Waals surface area contributed by atoms with Crippen LogP contribution in [0, 0.1) is 5.92 Å². The fourth-order valence-corrected chi connectivity index (χ4v) is 3.16. The van der Waals surface area contributed by atoms with Gasteiger partial charge in [-0.2, -0.15) is 0 Å². The molecule has 1 saturated heterocycles. The van der Waals surface area contributed by atoms with E-state index >= 15 is 0 Å². The first-order valence-corrected chi connectivity index (χ1v) is 7.36. The van der Waals surface area contributed by atoms with Gasteiger partial charge in [0.05, 0.1) is 20.3 Å². The molecule has 2 atom stereocenters. The number of rotatable bonds is 5. The van der Waals surface area contributed by atoms with E-state index in [0.717, 1.165) is 36.1 Å². The van der Waals surface area contributed by atoms with Crippen molar-refractivity contribution in [3.05, 3.63) is 23.8 Å². The molecule has 1 fully saturated rings. The van der Waals surface area contributed by atoms with Crippen LogP contribution in [0.1, 0.15) is 31.4 Å². The predicted octanol–water partition coefficient (Wildman–Crippen LogP) is 2.44. The molecule has 1 aliphatic rings. The Morgan fingerprint density at radius 1 is 1.35 bits per heavy atom. The van der Waals surface area contributed by atoms with E-state index in [1.807, 2.05) is 12.1 Å². The second-order valence-corrected chi connectivity index (χ2v) is 5.58. The van der Waals surface area contributed by atoms with Crippen LogP contribution in [0.5, 0.6) is 11.5 Å². The van der Waals surface area contributed by atoms with Crippen LogP contribution in [0.2, 0.25) is 0 Å². The molecule has 4 heteroatoms. The van der Waals surface area contributed by atoms with Crippen LogP contribution in [0.3, 0.4) is 0 Å². The third kappa shape index (κ3) is 3.07. The summed E-state index contributed by atoms with van der Waals surface area (Å²) in [7, 11) is 3.36. The summed E-state index contributed by atoms with van der Waals surface area (Å²) in [5.74, 6) is 2.31. The predicted molar refractivity (Wildman–Crippen MR) is 81.3 cm³/mol. The van der Waals surface area contributed by atoms with Crippen molar-refractivity contribution < 1.29 is 9.47 Å². The molecule has 0 aliphatic carbocycles. The highest BCUT2D eigenvalue weighted by Gasteiger charge is 2.27. The first-order chi connectivity index (χ1) is 9.71. The van der Waals surface area contributed by atoms with Gasteiger partial charge in [0.15, 0.2) is 11.5 Å². The molecule has 112 valence electrons. The summed E-state index contributed by atoms with van der Waals surface area (Å²) in [6.45, 7) is 5.10. The van der Waals surface area contributed by atoms with E-state index in [9.17, 15) is 0 Å². The van der Waals surface area contributed by atoms with Crippen molar-refractivity contribution in [2.45, 2.75) is 25.8 Å². The van der Waals surface area contributed by atoms with Crippen LogP contribution in [0.4, 0.5) is 0 Å². The zero-order chi connectivity index (χ0) is 14.5. The highest BCUT2D eigenvalue weighted by atomic mass is 16.5. The quantitative estimate of drug-likeness (QED) is 0.898. The van der Waals surface area contributed by atoms with Crippen molar-refractivity contribution in [3.8, 4) is 11.5 Å². The normalized spacial score (nSPS) is 21.5. The second kappa shape index (κ2) is 6.95. The Kier molecular flexibility index (Phi) is 5.26. The van der Waals surface area contributed by atoms with Crippen LogP contribution in [-0.4, -0.2) is 38.8 Å². The summed E-state index contributed by atoms with van der Waals surface area (Å²) in [5, 5.41) is 0. The van der Waals surface area contributed by atoms with Crippen LogP contribution in [0.15, 0.2) is 18.2 Å². The second-order valence-electron chi connectivity index (χ2n) is 5.58. The zero-order valence-corrected chi connectivity index (χ0v) is 12.8. The monoisotopic (exact) mass is 278 g/mol. The third-order valence-corrected chi connectivity index (χ3v) is 4.14. The lowest BCUT2D eigenvalue weighted by Crippen LogP contribution is -2.40. The van der Waals surface area contributed by atoms with E-state index in [1.165, 1.54) is 12.8 Å². The molecular weight excluding hydrogens is 252 g/mol. The summed E-state index contributed by atoms with van der Waals surface area (Å²) >= 11 is 0. The number of methoxy groups -OCH3 is 2. The molecule has 0 aromatic heterocycles. The maximum absolute atomic E-state index is 6.06. The van der Waals surface area contributed by atoms with Gasteiger partial charge >= 0.3 is 0 Å². The summed E-state index contributed by atoms with van der Waals surface area (Å²) < 4.78 is 11.0. The molecule has 1 aromatic rings. The molecule has 2 rings (SSSR count). The van der Waals surface area contributed by atoms with Crippen molar-refractivity contribution in [1.82, 2.24) is 4.90 Å². The lowest BCUT2D eigenvalue weighted by Gasteiger charge is -2.37. The van der Waals surface area contributed by atoms with Gasteiger partial charge in [-0.15, -0.1) is 0 Å². The number of ether oxygens (including phenoxy) is 2. The van der Waals surface area contributed by atoms with Crippen LogP contribution >= 0.6 is 0 Å². The van der Waals surface area contributed by atoms with Gasteiger partial charge in [0.1, 0.15) is 0 Å². The number of benzene rings is 1. The summed E-state index contributed by atoms with van der Waals surface area (Å²) in [6, 6.07) is 6.22. The Morgan fingerprint density at radius 2 is 2.15 bits per heavy atom.